The minimum absolute atomic E-state index is 0.0203. The van der Waals surface area contributed by atoms with Crippen LogP contribution in [-0.2, 0) is 24.1 Å². The molecule has 0 unspecified atom stereocenters. The van der Waals surface area contributed by atoms with Crippen LogP contribution in [0.15, 0.2) is 48.5 Å². The van der Waals surface area contributed by atoms with E-state index >= 15 is 0 Å². The van der Waals surface area contributed by atoms with Gasteiger partial charge in [0.1, 0.15) is 0 Å². The van der Waals surface area contributed by atoms with Crippen molar-refractivity contribution in [3.8, 4) is 6.07 Å². The second-order valence-electron chi connectivity index (χ2n) is 9.07. The van der Waals surface area contributed by atoms with Crippen molar-refractivity contribution in [2.45, 2.75) is 44.9 Å². The summed E-state index contributed by atoms with van der Waals surface area (Å²) in [6.07, 6.45) is -0.856. The fraction of sp³-hybridized carbons (Fsp3) is 0.440. The lowest BCUT2D eigenvalue weighted by atomic mass is 9.57. The Labute approximate surface area is 186 Å². The van der Waals surface area contributed by atoms with Crippen molar-refractivity contribution < 1.29 is 18.0 Å². The number of carbonyl (C=O) groups excluding carboxylic acids is 1. The molecule has 4 rings (SSSR count). The normalized spacial score (nSPS) is 18.7. The molecule has 7 heteroatoms. The Balaban J connectivity index is 1.26. The van der Waals surface area contributed by atoms with Crippen LogP contribution in [0.25, 0.3) is 0 Å². The van der Waals surface area contributed by atoms with E-state index in [9.17, 15) is 18.0 Å². The molecule has 0 aromatic heterocycles. The largest absolute Gasteiger partial charge is 0.416 e. The molecule has 2 aliphatic rings. The van der Waals surface area contributed by atoms with E-state index < -0.39 is 11.7 Å². The minimum Gasteiger partial charge on any atom is -0.352 e. The molecular formula is C25H26F3N3O. The molecule has 2 fully saturated rings. The number of halogens is 3. The number of nitrogens with zero attached hydrogens (tertiary/aromatic N) is 2. The molecule has 2 aromatic carbocycles. The van der Waals surface area contributed by atoms with Gasteiger partial charge in [-0.2, -0.15) is 18.4 Å². The van der Waals surface area contributed by atoms with E-state index in [1.165, 1.54) is 17.7 Å². The summed E-state index contributed by atoms with van der Waals surface area (Å²) in [5.74, 6) is -0.316. The predicted octanol–water partition coefficient (Wildman–Crippen LogP) is 4.89. The summed E-state index contributed by atoms with van der Waals surface area (Å²) in [6, 6.07) is 15.5. The molecule has 32 heavy (non-hydrogen) atoms. The highest BCUT2D eigenvalue weighted by molar-refractivity contribution is 5.79. The van der Waals surface area contributed by atoms with Gasteiger partial charge < -0.3 is 5.32 Å². The third kappa shape index (κ3) is 4.97. The molecule has 0 bridgehead atoms. The molecule has 1 spiro atoms. The number of nitriles is 1. The van der Waals surface area contributed by atoms with E-state index in [4.69, 9.17) is 5.26 Å². The van der Waals surface area contributed by atoms with Crippen LogP contribution in [0.4, 0.5) is 13.2 Å². The number of hydrogen-bond donors (Lipinski definition) is 1. The van der Waals surface area contributed by atoms with Gasteiger partial charge in [0, 0.05) is 19.0 Å². The molecule has 1 N–H and O–H groups in total. The first-order chi connectivity index (χ1) is 15.3. The highest BCUT2D eigenvalue weighted by Gasteiger charge is 2.48. The number of likely N-dealkylation sites (tertiary alicyclic amines) is 1. The Kier molecular flexibility index (Phi) is 6.25. The number of carbonyl (C=O) groups is 1. The van der Waals surface area contributed by atoms with Crippen molar-refractivity contribution in [1.82, 2.24) is 10.2 Å². The number of alkyl halides is 3. The standard InChI is InChI=1S/C25H26F3N3O/c26-25(27,28)22-12-19(15-29)6-7-20(22)16-30-23(32)21-13-24(14-21)8-10-31(11-9-24)17-18-4-2-1-3-5-18/h1-7,12,21H,8-11,13-14,16-17H2,(H,30,32). The van der Waals surface area contributed by atoms with E-state index in [2.05, 4.69) is 22.3 Å². The Morgan fingerprint density at radius 2 is 1.81 bits per heavy atom. The van der Waals surface area contributed by atoms with Gasteiger partial charge >= 0.3 is 6.18 Å². The molecule has 0 atom stereocenters. The van der Waals surface area contributed by atoms with Crippen LogP contribution >= 0.6 is 0 Å². The van der Waals surface area contributed by atoms with Gasteiger partial charge in [0.25, 0.3) is 0 Å². The Morgan fingerprint density at radius 3 is 2.44 bits per heavy atom. The first-order valence-electron chi connectivity index (χ1n) is 10.9. The van der Waals surface area contributed by atoms with Gasteiger partial charge in [0.15, 0.2) is 0 Å². The van der Waals surface area contributed by atoms with Gasteiger partial charge in [-0.15, -0.1) is 0 Å². The van der Waals surface area contributed by atoms with Gasteiger partial charge in [-0.1, -0.05) is 36.4 Å². The molecule has 1 amide bonds. The maximum absolute atomic E-state index is 13.3. The molecular weight excluding hydrogens is 415 g/mol. The van der Waals surface area contributed by atoms with E-state index in [0.717, 1.165) is 51.4 Å². The van der Waals surface area contributed by atoms with Crippen LogP contribution in [0.3, 0.4) is 0 Å². The average molecular weight is 441 g/mol. The number of rotatable bonds is 5. The summed E-state index contributed by atoms with van der Waals surface area (Å²) in [4.78, 5) is 15.0. The Morgan fingerprint density at radius 1 is 1.12 bits per heavy atom. The Hall–Kier alpha value is -2.85. The van der Waals surface area contributed by atoms with Crippen molar-refractivity contribution in [3.63, 3.8) is 0 Å². The van der Waals surface area contributed by atoms with E-state index in [0.29, 0.717) is 0 Å². The zero-order chi connectivity index (χ0) is 22.8. The lowest BCUT2D eigenvalue weighted by molar-refractivity contribution is -0.139. The van der Waals surface area contributed by atoms with Gasteiger partial charge in [-0.3, -0.25) is 9.69 Å². The zero-order valence-electron chi connectivity index (χ0n) is 17.8. The topological polar surface area (TPSA) is 56.1 Å². The van der Waals surface area contributed by atoms with Crippen LogP contribution in [0, 0.1) is 22.7 Å². The van der Waals surface area contributed by atoms with Crippen LogP contribution in [-0.4, -0.2) is 23.9 Å². The van der Waals surface area contributed by atoms with Gasteiger partial charge in [-0.25, -0.2) is 0 Å². The summed E-state index contributed by atoms with van der Waals surface area (Å²) < 4.78 is 39.9. The van der Waals surface area contributed by atoms with E-state index in [1.54, 1.807) is 6.07 Å². The van der Waals surface area contributed by atoms with Crippen LogP contribution < -0.4 is 5.32 Å². The fourth-order valence-corrected chi connectivity index (χ4v) is 5.00. The first-order valence-corrected chi connectivity index (χ1v) is 10.9. The lowest BCUT2D eigenvalue weighted by Crippen LogP contribution is -2.50. The van der Waals surface area contributed by atoms with Crippen LogP contribution in [0.5, 0.6) is 0 Å². The molecule has 1 saturated carbocycles. The highest BCUT2D eigenvalue weighted by atomic mass is 19.4. The first kappa shape index (κ1) is 22.3. The van der Waals surface area contributed by atoms with E-state index in [-0.39, 0.29) is 34.9 Å². The van der Waals surface area contributed by atoms with Crippen molar-refractivity contribution >= 4 is 5.91 Å². The quantitative estimate of drug-likeness (QED) is 0.719. The average Bonchev–Trinajstić information content (AvgIpc) is 2.76. The van der Waals surface area contributed by atoms with Crippen molar-refractivity contribution in [1.29, 1.82) is 5.26 Å². The lowest BCUT2D eigenvalue weighted by Gasteiger charge is -2.51. The second-order valence-corrected chi connectivity index (χ2v) is 9.07. The molecule has 1 aliphatic carbocycles. The number of amides is 1. The minimum atomic E-state index is -4.57. The highest BCUT2D eigenvalue weighted by Crippen LogP contribution is 2.52. The molecule has 1 aliphatic heterocycles. The SMILES string of the molecule is N#Cc1ccc(CNC(=O)C2CC3(CCN(Cc4ccccc4)CC3)C2)c(C(F)(F)F)c1. The molecule has 1 heterocycles. The van der Waals surface area contributed by atoms with Crippen molar-refractivity contribution in [2.75, 3.05) is 13.1 Å². The molecule has 1 saturated heterocycles. The zero-order valence-corrected chi connectivity index (χ0v) is 17.8. The van der Waals surface area contributed by atoms with E-state index in [1.807, 2.05) is 18.2 Å². The van der Waals surface area contributed by atoms with Gasteiger partial charge in [0.2, 0.25) is 5.91 Å². The van der Waals surface area contributed by atoms with Crippen molar-refractivity contribution in [3.05, 3.63) is 70.8 Å². The van der Waals surface area contributed by atoms with Gasteiger partial charge in [0.05, 0.1) is 17.2 Å². The van der Waals surface area contributed by atoms with Gasteiger partial charge in [-0.05, 0) is 67.4 Å². The molecule has 0 radical (unpaired) electrons. The number of hydrogen-bond acceptors (Lipinski definition) is 3. The number of nitrogens with one attached hydrogen (secondary N) is 1. The summed E-state index contributed by atoms with van der Waals surface area (Å²) >= 11 is 0. The maximum Gasteiger partial charge on any atom is 0.416 e. The van der Waals surface area contributed by atoms with Crippen LogP contribution in [0.2, 0.25) is 0 Å². The fourth-order valence-electron chi connectivity index (χ4n) is 5.00. The number of piperidine rings is 1. The molecule has 4 nitrogen and oxygen atoms in total. The monoisotopic (exact) mass is 441 g/mol. The summed E-state index contributed by atoms with van der Waals surface area (Å²) in [5, 5.41) is 11.6. The maximum atomic E-state index is 13.3. The summed E-state index contributed by atoms with van der Waals surface area (Å²) in [6.45, 7) is 2.76. The smallest absolute Gasteiger partial charge is 0.352 e. The third-order valence-corrected chi connectivity index (χ3v) is 6.89. The molecule has 2 aromatic rings. The summed E-state index contributed by atoms with van der Waals surface area (Å²) in [5.41, 5.74) is 0.559. The number of benzene rings is 2. The third-order valence-electron chi connectivity index (χ3n) is 6.89. The van der Waals surface area contributed by atoms with Crippen LogP contribution in [0.1, 0.15) is 47.9 Å². The summed E-state index contributed by atoms with van der Waals surface area (Å²) in [7, 11) is 0. The predicted molar refractivity (Wildman–Crippen MR) is 114 cm³/mol. The Bertz CT molecular complexity index is 997. The molecule has 168 valence electrons. The van der Waals surface area contributed by atoms with Crippen molar-refractivity contribution in [2.24, 2.45) is 11.3 Å². The second kappa shape index (κ2) is 8.95.